The van der Waals surface area contributed by atoms with Crippen molar-refractivity contribution in [3.8, 4) is 11.5 Å². The lowest BCUT2D eigenvalue weighted by molar-refractivity contribution is -0.128. The molecule has 1 N–H and O–H groups in total. The van der Waals surface area contributed by atoms with Crippen molar-refractivity contribution in [3.05, 3.63) is 53.6 Å². The molecule has 0 aliphatic carbocycles. The normalized spacial score (nSPS) is 18.3. The maximum absolute atomic E-state index is 12.5. The number of rotatable bonds is 4. The van der Waals surface area contributed by atoms with Gasteiger partial charge in [0.15, 0.2) is 11.5 Å². The molecule has 2 aliphatic heterocycles. The number of carbonyl (C=O) groups excluding carboxylic acids is 2. The molecule has 2 aliphatic rings. The highest BCUT2D eigenvalue weighted by Gasteiger charge is 2.34. The molecule has 1 atom stereocenters. The van der Waals surface area contributed by atoms with Crippen molar-refractivity contribution < 1.29 is 19.1 Å². The van der Waals surface area contributed by atoms with E-state index < -0.39 is 0 Å². The number of amides is 2. The third-order valence-corrected chi connectivity index (χ3v) is 4.72. The summed E-state index contributed by atoms with van der Waals surface area (Å²) in [6.07, 6.45) is 0.238. The molecule has 0 spiro atoms. The summed E-state index contributed by atoms with van der Waals surface area (Å²) in [4.78, 5) is 26.6. The molecule has 6 heteroatoms. The van der Waals surface area contributed by atoms with Gasteiger partial charge >= 0.3 is 0 Å². The van der Waals surface area contributed by atoms with Gasteiger partial charge in [0.2, 0.25) is 18.6 Å². The van der Waals surface area contributed by atoms with E-state index in [0.717, 1.165) is 5.56 Å². The zero-order chi connectivity index (χ0) is 18.1. The fraction of sp³-hybridized carbons (Fsp3) is 0.300. The Morgan fingerprint density at radius 1 is 1.15 bits per heavy atom. The molecule has 1 fully saturated rings. The minimum atomic E-state index is -0.349. The molecule has 6 nitrogen and oxygen atoms in total. The molecule has 2 aromatic rings. The van der Waals surface area contributed by atoms with Crippen LogP contribution in [0.2, 0.25) is 0 Å². The number of anilines is 1. The Balaban J connectivity index is 1.38. The van der Waals surface area contributed by atoms with Gasteiger partial charge in [-0.3, -0.25) is 9.59 Å². The first-order valence-corrected chi connectivity index (χ1v) is 8.62. The van der Waals surface area contributed by atoms with Gasteiger partial charge in [-0.1, -0.05) is 29.8 Å². The molecule has 134 valence electrons. The number of ether oxygens (including phenoxy) is 2. The van der Waals surface area contributed by atoms with Gasteiger partial charge in [0.25, 0.3) is 0 Å². The number of carbonyl (C=O) groups is 2. The summed E-state index contributed by atoms with van der Waals surface area (Å²) in [7, 11) is 0. The molecule has 26 heavy (non-hydrogen) atoms. The van der Waals surface area contributed by atoms with E-state index in [9.17, 15) is 9.59 Å². The number of hydrogen-bond acceptors (Lipinski definition) is 4. The van der Waals surface area contributed by atoms with Gasteiger partial charge in [0.05, 0.1) is 5.92 Å². The first kappa shape index (κ1) is 16.4. The fourth-order valence-corrected chi connectivity index (χ4v) is 3.23. The lowest BCUT2D eigenvalue weighted by Gasteiger charge is -2.17. The number of benzene rings is 2. The third kappa shape index (κ3) is 3.35. The highest BCUT2D eigenvalue weighted by atomic mass is 16.7. The summed E-state index contributed by atoms with van der Waals surface area (Å²) in [6.45, 7) is 3.19. The number of fused-ring (bicyclic) bond motifs is 1. The van der Waals surface area contributed by atoms with Crippen LogP contribution in [0.1, 0.15) is 17.5 Å². The summed E-state index contributed by atoms with van der Waals surface area (Å²) >= 11 is 0. The average molecular weight is 352 g/mol. The van der Waals surface area contributed by atoms with E-state index in [1.165, 1.54) is 5.56 Å². The first-order chi connectivity index (χ1) is 12.6. The van der Waals surface area contributed by atoms with Gasteiger partial charge < -0.3 is 19.7 Å². The van der Waals surface area contributed by atoms with Crippen LogP contribution in [-0.4, -0.2) is 30.1 Å². The van der Waals surface area contributed by atoms with Gasteiger partial charge in [-0.25, -0.2) is 0 Å². The van der Waals surface area contributed by atoms with Gasteiger partial charge in [0.1, 0.15) is 0 Å². The molecule has 0 saturated carbocycles. The predicted octanol–water partition coefficient (Wildman–Crippen LogP) is 2.71. The van der Waals surface area contributed by atoms with Crippen LogP contribution >= 0.6 is 0 Å². The van der Waals surface area contributed by atoms with Gasteiger partial charge in [-0.05, 0) is 24.6 Å². The number of aryl methyl sites for hydroxylation is 1. The Bertz CT molecular complexity index is 847. The molecular weight excluding hydrogens is 332 g/mol. The van der Waals surface area contributed by atoms with Crippen molar-refractivity contribution in [1.29, 1.82) is 0 Å². The Kier molecular flexibility index (Phi) is 4.24. The molecule has 0 unspecified atom stereocenters. The second-order valence-electron chi connectivity index (χ2n) is 6.72. The molecule has 4 rings (SSSR count). The van der Waals surface area contributed by atoms with E-state index in [4.69, 9.17) is 9.47 Å². The van der Waals surface area contributed by atoms with Gasteiger partial charge in [-0.15, -0.1) is 0 Å². The standard InChI is InChI=1S/C20H20N2O4/c1-13-2-4-14(5-3-13)10-22-11-15(8-19(22)23)20(24)21-16-6-7-17-18(9-16)26-12-25-17/h2-7,9,15H,8,10-12H2,1H3,(H,21,24)/t15-/m1/s1. The van der Waals surface area contributed by atoms with Crippen LogP contribution in [0.4, 0.5) is 5.69 Å². The van der Waals surface area contributed by atoms with E-state index in [-0.39, 0.29) is 30.9 Å². The van der Waals surface area contributed by atoms with Crippen LogP contribution in [0.15, 0.2) is 42.5 Å². The molecule has 0 radical (unpaired) electrons. The van der Waals surface area contributed by atoms with E-state index >= 15 is 0 Å². The predicted molar refractivity (Wildman–Crippen MR) is 95.9 cm³/mol. The van der Waals surface area contributed by atoms with E-state index in [1.807, 2.05) is 31.2 Å². The average Bonchev–Trinajstić information content (AvgIpc) is 3.23. The van der Waals surface area contributed by atoms with Crippen LogP contribution < -0.4 is 14.8 Å². The highest BCUT2D eigenvalue weighted by Crippen LogP contribution is 2.34. The lowest BCUT2D eigenvalue weighted by atomic mass is 10.1. The topological polar surface area (TPSA) is 67.9 Å². The molecule has 1 saturated heterocycles. The van der Waals surface area contributed by atoms with Crippen LogP contribution in [-0.2, 0) is 16.1 Å². The van der Waals surface area contributed by atoms with Crippen molar-refractivity contribution >= 4 is 17.5 Å². The zero-order valence-corrected chi connectivity index (χ0v) is 14.5. The van der Waals surface area contributed by atoms with E-state index in [1.54, 1.807) is 23.1 Å². The molecule has 0 aromatic heterocycles. The van der Waals surface area contributed by atoms with Crippen LogP contribution in [0, 0.1) is 12.8 Å². The largest absolute Gasteiger partial charge is 0.454 e. The van der Waals surface area contributed by atoms with Crippen molar-refractivity contribution in [3.63, 3.8) is 0 Å². The van der Waals surface area contributed by atoms with Crippen LogP contribution in [0.25, 0.3) is 0 Å². The Morgan fingerprint density at radius 3 is 2.73 bits per heavy atom. The van der Waals surface area contributed by atoms with Crippen LogP contribution in [0.5, 0.6) is 11.5 Å². The summed E-state index contributed by atoms with van der Waals surface area (Å²) in [5.74, 6) is 0.799. The summed E-state index contributed by atoms with van der Waals surface area (Å²) in [5.41, 5.74) is 2.90. The monoisotopic (exact) mass is 352 g/mol. The van der Waals surface area contributed by atoms with Crippen LogP contribution in [0.3, 0.4) is 0 Å². The Labute approximate surface area is 151 Å². The second kappa shape index (κ2) is 6.71. The van der Waals surface area contributed by atoms with E-state index in [0.29, 0.717) is 30.3 Å². The molecule has 2 aromatic carbocycles. The Morgan fingerprint density at radius 2 is 1.92 bits per heavy atom. The van der Waals surface area contributed by atoms with Crippen molar-refractivity contribution in [1.82, 2.24) is 4.90 Å². The molecule has 2 heterocycles. The maximum Gasteiger partial charge on any atom is 0.231 e. The Hall–Kier alpha value is -3.02. The SMILES string of the molecule is Cc1ccc(CN2C[C@H](C(=O)Nc3ccc4c(c3)OCO4)CC2=O)cc1. The molecule has 2 amide bonds. The summed E-state index contributed by atoms with van der Waals surface area (Å²) in [6, 6.07) is 13.4. The number of hydrogen-bond donors (Lipinski definition) is 1. The maximum atomic E-state index is 12.5. The van der Waals surface area contributed by atoms with Crippen molar-refractivity contribution in [2.24, 2.45) is 5.92 Å². The molecular formula is C20H20N2O4. The number of likely N-dealkylation sites (tertiary alicyclic amines) is 1. The minimum Gasteiger partial charge on any atom is -0.454 e. The quantitative estimate of drug-likeness (QED) is 0.919. The lowest BCUT2D eigenvalue weighted by Crippen LogP contribution is -2.28. The smallest absolute Gasteiger partial charge is 0.231 e. The van der Waals surface area contributed by atoms with Gasteiger partial charge in [-0.2, -0.15) is 0 Å². The van der Waals surface area contributed by atoms with Crippen molar-refractivity contribution in [2.45, 2.75) is 19.9 Å². The second-order valence-corrected chi connectivity index (χ2v) is 6.72. The zero-order valence-electron chi connectivity index (χ0n) is 14.5. The van der Waals surface area contributed by atoms with E-state index in [2.05, 4.69) is 5.32 Å². The fourth-order valence-electron chi connectivity index (χ4n) is 3.23. The van der Waals surface area contributed by atoms with Gasteiger partial charge in [0, 0.05) is 31.3 Å². The number of nitrogens with one attached hydrogen (secondary N) is 1. The number of nitrogens with zero attached hydrogens (tertiary/aromatic N) is 1. The third-order valence-electron chi connectivity index (χ3n) is 4.72. The minimum absolute atomic E-state index is 0.0106. The van der Waals surface area contributed by atoms with Crippen molar-refractivity contribution in [2.75, 3.05) is 18.7 Å². The highest BCUT2D eigenvalue weighted by molar-refractivity contribution is 5.97. The summed E-state index contributed by atoms with van der Waals surface area (Å²) < 4.78 is 10.6. The molecule has 0 bridgehead atoms. The summed E-state index contributed by atoms with van der Waals surface area (Å²) in [5, 5.41) is 2.87. The first-order valence-electron chi connectivity index (χ1n) is 8.62.